The number of hydrogen-bond acceptors (Lipinski definition) is 2. The summed E-state index contributed by atoms with van der Waals surface area (Å²) in [5, 5.41) is 3.77. The number of hydrogen-bond donors (Lipinski definition) is 1. The Labute approximate surface area is 111 Å². The summed E-state index contributed by atoms with van der Waals surface area (Å²) in [6, 6.07) is 9.83. The quantitative estimate of drug-likeness (QED) is 0.834. The summed E-state index contributed by atoms with van der Waals surface area (Å²) in [6.45, 7) is 8.21. The second-order valence-corrected chi connectivity index (χ2v) is 5.55. The van der Waals surface area contributed by atoms with Crippen LogP contribution in [0.5, 0.6) is 0 Å². The number of fused-ring (bicyclic) bond motifs is 1. The SMILES string of the molecule is CCOCC(NC1Cc2ccccc2C1)C(C)C. The molecule has 1 aliphatic rings. The van der Waals surface area contributed by atoms with E-state index in [4.69, 9.17) is 4.74 Å². The molecule has 0 bridgehead atoms. The molecule has 1 aromatic carbocycles. The van der Waals surface area contributed by atoms with Crippen LogP contribution in [0.25, 0.3) is 0 Å². The standard InChI is InChI=1S/C16H25NO/c1-4-18-11-16(12(2)3)17-15-9-13-7-5-6-8-14(13)10-15/h5-8,12,15-17H,4,9-11H2,1-3H3. The van der Waals surface area contributed by atoms with E-state index in [2.05, 4.69) is 50.4 Å². The molecule has 1 N–H and O–H groups in total. The first kappa shape index (κ1) is 13.6. The van der Waals surface area contributed by atoms with Crippen LogP contribution in [0.2, 0.25) is 0 Å². The lowest BCUT2D eigenvalue weighted by Crippen LogP contribution is -2.44. The molecule has 0 spiro atoms. The monoisotopic (exact) mass is 247 g/mol. The second-order valence-electron chi connectivity index (χ2n) is 5.55. The van der Waals surface area contributed by atoms with Gasteiger partial charge < -0.3 is 10.1 Å². The van der Waals surface area contributed by atoms with Crippen molar-refractivity contribution >= 4 is 0 Å². The van der Waals surface area contributed by atoms with Crippen molar-refractivity contribution in [3.8, 4) is 0 Å². The van der Waals surface area contributed by atoms with Crippen LogP contribution in [0.1, 0.15) is 31.9 Å². The van der Waals surface area contributed by atoms with Crippen molar-refractivity contribution in [2.45, 2.75) is 45.7 Å². The maximum absolute atomic E-state index is 5.58. The van der Waals surface area contributed by atoms with Crippen molar-refractivity contribution in [2.75, 3.05) is 13.2 Å². The fourth-order valence-electron chi connectivity index (χ4n) is 2.66. The van der Waals surface area contributed by atoms with Gasteiger partial charge in [-0.3, -0.25) is 0 Å². The van der Waals surface area contributed by atoms with E-state index in [1.807, 2.05) is 0 Å². The van der Waals surface area contributed by atoms with Gasteiger partial charge in [0, 0.05) is 18.7 Å². The number of rotatable bonds is 6. The number of nitrogens with one attached hydrogen (secondary N) is 1. The Morgan fingerprint density at radius 1 is 1.22 bits per heavy atom. The summed E-state index contributed by atoms with van der Waals surface area (Å²) in [7, 11) is 0. The largest absolute Gasteiger partial charge is 0.380 e. The molecule has 100 valence electrons. The summed E-state index contributed by atoms with van der Waals surface area (Å²) in [5.41, 5.74) is 3.02. The molecule has 0 saturated heterocycles. The molecule has 2 rings (SSSR count). The minimum atomic E-state index is 0.462. The first-order chi connectivity index (χ1) is 8.70. The molecule has 0 radical (unpaired) electrons. The molecule has 0 aromatic heterocycles. The number of benzene rings is 1. The zero-order valence-corrected chi connectivity index (χ0v) is 11.8. The van der Waals surface area contributed by atoms with Gasteiger partial charge in [0.2, 0.25) is 0 Å². The smallest absolute Gasteiger partial charge is 0.0622 e. The third kappa shape index (κ3) is 3.33. The van der Waals surface area contributed by atoms with Crippen molar-refractivity contribution in [3.05, 3.63) is 35.4 Å². The highest BCUT2D eigenvalue weighted by Gasteiger charge is 2.24. The molecule has 0 aliphatic heterocycles. The highest BCUT2D eigenvalue weighted by molar-refractivity contribution is 5.33. The van der Waals surface area contributed by atoms with Crippen LogP contribution in [0, 0.1) is 5.92 Å². The van der Waals surface area contributed by atoms with Gasteiger partial charge in [-0.1, -0.05) is 38.1 Å². The Hall–Kier alpha value is -0.860. The molecule has 1 unspecified atom stereocenters. The van der Waals surface area contributed by atoms with Crippen molar-refractivity contribution in [3.63, 3.8) is 0 Å². The third-order valence-electron chi connectivity index (χ3n) is 3.81. The van der Waals surface area contributed by atoms with Crippen LogP contribution in [0.3, 0.4) is 0 Å². The molecular weight excluding hydrogens is 222 g/mol. The van der Waals surface area contributed by atoms with E-state index >= 15 is 0 Å². The average molecular weight is 247 g/mol. The Morgan fingerprint density at radius 2 is 1.83 bits per heavy atom. The zero-order valence-electron chi connectivity index (χ0n) is 11.8. The van der Waals surface area contributed by atoms with E-state index < -0.39 is 0 Å². The van der Waals surface area contributed by atoms with E-state index in [-0.39, 0.29) is 0 Å². The summed E-state index contributed by atoms with van der Waals surface area (Å²) < 4.78 is 5.58. The van der Waals surface area contributed by atoms with Crippen molar-refractivity contribution < 1.29 is 4.74 Å². The molecule has 2 heteroatoms. The molecule has 1 atom stereocenters. The highest BCUT2D eigenvalue weighted by Crippen LogP contribution is 2.22. The number of ether oxygens (including phenoxy) is 1. The fraction of sp³-hybridized carbons (Fsp3) is 0.625. The van der Waals surface area contributed by atoms with Crippen LogP contribution in [0.15, 0.2) is 24.3 Å². The molecular formula is C16H25NO. The summed E-state index contributed by atoms with van der Waals surface area (Å²) in [5.74, 6) is 0.611. The van der Waals surface area contributed by atoms with Crippen molar-refractivity contribution in [1.29, 1.82) is 0 Å². The lowest BCUT2D eigenvalue weighted by molar-refractivity contribution is 0.104. The molecule has 0 heterocycles. The normalized spacial score (nSPS) is 17.1. The van der Waals surface area contributed by atoms with E-state index in [9.17, 15) is 0 Å². The fourth-order valence-corrected chi connectivity index (χ4v) is 2.66. The van der Waals surface area contributed by atoms with Crippen LogP contribution in [0.4, 0.5) is 0 Å². The van der Waals surface area contributed by atoms with Gasteiger partial charge in [0.25, 0.3) is 0 Å². The van der Waals surface area contributed by atoms with Gasteiger partial charge in [-0.15, -0.1) is 0 Å². The molecule has 0 amide bonds. The van der Waals surface area contributed by atoms with Gasteiger partial charge >= 0.3 is 0 Å². The molecule has 0 fully saturated rings. The van der Waals surface area contributed by atoms with Gasteiger partial charge in [0.15, 0.2) is 0 Å². The van der Waals surface area contributed by atoms with E-state index in [1.165, 1.54) is 11.1 Å². The third-order valence-corrected chi connectivity index (χ3v) is 3.81. The lowest BCUT2D eigenvalue weighted by atomic mass is 10.0. The van der Waals surface area contributed by atoms with Crippen LogP contribution >= 0.6 is 0 Å². The molecule has 1 aliphatic carbocycles. The second kappa shape index (κ2) is 6.35. The van der Waals surface area contributed by atoms with E-state index in [1.54, 1.807) is 0 Å². The molecule has 0 saturated carbocycles. The first-order valence-corrected chi connectivity index (χ1v) is 7.11. The van der Waals surface area contributed by atoms with E-state index in [0.29, 0.717) is 18.0 Å². The Bertz CT molecular complexity index is 350. The summed E-state index contributed by atoms with van der Waals surface area (Å²) in [4.78, 5) is 0. The molecule has 2 nitrogen and oxygen atoms in total. The van der Waals surface area contributed by atoms with Crippen molar-refractivity contribution in [1.82, 2.24) is 5.32 Å². The zero-order chi connectivity index (χ0) is 13.0. The molecule has 1 aromatic rings. The van der Waals surface area contributed by atoms with Gasteiger partial charge in [-0.25, -0.2) is 0 Å². The Morgan fingerprint density at radius 3 is 2.33 bits per heavy atom. The summed E-state index contributed by atoms with van der Waals surface area (Å²) >= 11 is 0. The maximum atomic E-state index is 5.58. The summed E-state index contributed by atoms with van der Waals surface area (Å²) in [6.07, 6.45) is 2.32. The maximum Gasteiger partial charge on any atom is 0.0622 e. The van der Waals surface area contributed by atoms with E-state index in [0.717, 1.165) is 26.1 Å². The lowest BCUT2D eigenvalue weighted by Gasteiger charge is -2.26. The van der Waals surface area contributed by atoms with Crippen LogP contribution < -0.4 is 5.32 Å². The van der Waals surface area contributed by atoms with Gasteiger partial charge in [-0.05, 0) is 36.8 Å². The predicted molar refractivity (Wildman–Crippen MR) is 75.9 cm³/mol. The minimum Gasteiger partial charge on any atom is -0.380 e. The predicted octanol–water partition coefficient (Wildman–Crippen LogP) is 2.80. The van der Waals surface area contributed by atoms with Gasteiger partial charge in [0.1, 0.15) is 0 Å². The Kier molecular flexibility index (Phi) is 4.79. The van der Waals surface area contributed by atoms with Gasteiger partial charge in [0.05, 0.1) is 6.61 Å². The Balaban J connectivity index is 1.90. The average Bonchev–Trinajstić information content (AvgIpc) is 2.76. The van der Waals surface area contributed by atoms with Gasteiger partial charge in [-0.2, -0.15) is 0 Å². The molecule has 18 heavy (non-hydrogen) atoms. The van der Waals surface area contributed by atoms with Crippen molar-refractivity contribution in [2.24, 2.45) is 5.92 Å². The van der Waals surface area contributed by atoms with Crippen LogP contribution in [-0.2, 0) is 17.6 Å². The first-order valence-electron chi connectivity index (χ1n) is 7.11. The minimum absolute atomic E-state index is 0.462. The topological polar surface area (TPSA) is 21.3 Å². The van der Waals surface area contributed by atoms with Crippen LogP contribution in [-0.4, -0.2) is 25.3 Å². The highest BCUT2D eigenvalue weighted by atomic mass is 16.5.